The first-order chi connectivity index (χ1) is 16.2. The van der Waals surface area contributed by atoms with Crippen LogP contribution < -0.4 is 4.74 Å². The number of aromatic amines is 1. The van der Waals surface area contributed by atoms with E-state index in [1.165, 1.54) is 37.9 Å². The highest BCUT2D eigenvalue weighted by Crippen LogP contribution is 2.33. The second-order valence-electron chi connectivity index (χ2n) is 8.59. The van der Waals surface area contributed by atoms with Crippen LogP contribution in [0, 0.1) is 0 Å². The van der Waals surface area contributed by atoms with Crippen molar-refractivity contribution in [1.82, 2.24) is 9.88 Å². The van der Waals surface area contributed by atoms with Crippen molar-refractivity contribution >= 4 is 22.3 Å². The predicted molar refractivity (Wildman–Crippen MR) is 134 cm³/mol. The summed E-state index contributed by atoms with van der Waals surface area (Å²) in [5.41, 5.74) is 5.34. The van der Waals surface area contributed by atoms with Crippen LogP contribution >= 0.6 is 0 Å². The summed E-state index contributed by atoms with van der Waals surface area (Å²) in [7, 11) is 1.64. The minimum absolute atomic E-state index is 0.0996. The lowest BCUT2D eigenvalue weighted by molar-refractivity contribution is 0.221. The number of ether oxygens (including phenoxy) is 1. The summed E-state index contributed by atoms with van der Waals surface area (Å²) in [6, 6.07) is 24.2. The smallest absolute Gasteiger partial charge is 0.199 e. The Kier molecular flexibility index (Phi) is 6.13. The molecule has 3 aromatic carbocycles. The van der Waals surface area contributed by atoms with Crippen LogP contribution in [0.5, 0.6) is 11.6 Å². The van der Waals surface area contributed by atoms with Crippen molar-refractivity contribution < 1.29 is 9.84 Å². The summed E-state index contributed by atoms with van der Waals surface area (Å²) in [4.78, 5) is 10.6. The molecule has 0 radical (unpaired) electrons. The lowest BCUT2D eigenvalue weighted by atomic mass is 10.0. The minimum atomic E-state index is 0.0996. The second kappa shape index (κ2) is 9.51. The van der Waals surface area contributed by atoms with Gasteiger partial charge >= 0.3 is 0 Å². The number of likely N-dealkylation sites (tertiary alicyclic amines) is 1. The molecule has 5 nitrogen and oxygen atoms in total. The van der Waals surface area contributed by atoms with E-state index in [2.05, 4.69) is 34.1 Å². The summed E-state index contributed by atoms with van der Waals surface area (Å²) in [5, 5.41) is 11.8. The Balaban J connectivity index is 1.53. The van der Waals surface area contributed by atoms with Gasteiger partial charge in [-0.25, -0.2) is 4.99 Å². The predicted octanol–water partition coefficient (Wildman–Crippen LogP) is 6.04. The van der Waals surface area contributed by atoms with Crippen molar-refractivity contribution in [3.63, 3.8) is 0 Å². The molecule has 5 heteroatoms. The van der Waals surface area contributed by atoms with Crippen molar-refractivity contribution in [2.45, 2.75) is 25.8 Å². The number of nitrogens with one attached hydrogen (secondary N) is 1. The van der Waals surface area contributed by atoms with E-state index in [0.29, 0.717) is 5.56 Å². The molecule has 0 aliphatic carbocycles. The molecule has 0 bridgehead atoms. The Morgan fingerprint density at radius 2 is 1.73 bits per heavy atom. The van der Waals surface area contributed by atoms with Crippen molar-refractivity contribution in [2.75, 3.05) is 20.2 Å². The van der Waals surface area contributed by atoms with Crippen molar-refractivity contribution in [3.05, 3.63) is 89.5 Å². The fourth-order valence-electron chi connectivity index (χ4n) is 4.57. The monoisotopic (exact) mass is 439 g/mol. The van der Waals surface area contributed by atoms with Gasteiger partial charge in [-0.2, -0.15) is 0 Å². The topological polar surface area (TPSA) is 60.9 Å². The zero-order chi connectivity index (χ0) is 22.6. The molecule has 1 saturated heterocycles. The largest absolute Gasteiger partial charge is 0.497 e. The van der Waals surface area contributed by atoms with Gasteiger partial charge in [0.1, 0.15) is 5.75 Å². The fraction of sp³-hybridized carbons (Fsp3) is 0.250. The Morgan fingerprint density at radius 3 is 2.45 bits per heavy atom. The van der Waals surface area contributed by atoms with Gasteiger partial charge in [0.05, 0.1) is 29.6 Å². The number of hydrogen-bond donors (Lipinski definition) is 2. The molecule has 0 amide bonds. The SMILES string of the molecule is COc1ccc2c(C(=Nc3ccc(CN4CCCCC4)cc3)c3ccccc3)c(O)[nH]c2c1. The van der Waals surface area contributed by atoms with Gasteiger partial charge < -0.3 is 14.8 Å². The molecule has 1 aliphatic rings. The summed E-state index contributed by atoms with van der Waals surface area (Å²) in [6.07, 6.45) is 3.94. The van der Waals surface area contributed by atoms with Crippen LogP contribution in [-0.2, 0) is 6.54 Å². The first kappa shape index (κ1) is 21.3. The molecule has 168 valence electrons. The third-order valence-corrected chi connectivity index (χ3v) is 6.30. The number of rotatable bonds is 6. The molecule has 2 N–H and O–H groups in total. The van der Waals surface area contributed by atoms with Crippen molar-refractivity contribution in [1.29, 1.82) is 0 Å². The molecule has 1 fully saturated rings. The van der Waals surface area contributed by atoms with Crippen LogP contribution in [0.2, 0.25) is 0 Å². The molecule has 0 saturated carbocycles. The van der Waals surface area contributed by atoms with E-state index in [1.54, 1.807) is 7.11 Å². The maximum absolute atomic E-state index is 10.9. The molecule has 4 aromatic rings. The standard InChI is InChI=1S/C28H29N3O2/c1-33-23-14-15-24-25(18-23)30-28(32)26(24)27(21-8-4-2-5-9-21)29-22-12-10-20(11-13-22)19-31-16-6-3-7-17-31/h2,4-5,8-15,18,30,32H,3,6-7,16-17,19H2,1H3. The average Bonchev–Trinajstić information content (AvgIpc) is 3.19. The molecular formula is C28H29N3O2. The quantitative estimate of drug-likeness (QED) is 0.360. The van der Waals surface area contributed by atoms with Gasteiger partial charge in [-0.3, -0.25) is 4.90 Å². The minimum Gasteiger partial charge on any atom is -0.497 e. The molecule has 0 atom stereocenters. The molecule has 5 rings (SSSR count). The van der Waals surface area contributed by atoms with Crippen LogP contribution in [0.4, 0.5) is 5.69 Å². The molecule has 1 aromatic heterocycles. The first-order valence-electron chi connectivity index (χ1n) is 11.6. The molecule has 33 heavy (non-hydrogen) atoms. The van der Waals surface area contributed by atoms with E-state index in [-0.39, 0.29) is 5.88 Å². The average molecular weight is 440 g/mol. The number of benzene rings is 3. The maximum Gasteiger partial charge on any atom is 0.199 e. The zero-order valence-electron chi connectivity index (χ0n) is 18.9. The number of aromatic hydroxyl groups is 1. The number of methoxy groups -OCH3 is 1. The highest BCUT2D eigenvalue weighted by atomic mass is 16.5. The lowest BCUT2D eigenvalue weighted by Gasteiger charge is -2.26. The van der Waals surface area contributed by atoms with Crippen LogP contribution in [0.3, 0.4) is 0 Å². The van der Waals surface area contributed by atoms with E-state index < -0.39 is 0 Å². The Labute approximate surface area is 194 Å². The van der Waals surface area contributed by atoms with Crippen LogP contribution in [0.1, 0.15) is 36.0 Å². The Bertz CT molecular complexity index is 1250. The summed E-state index contributed by atoms with van der Waals surface area (Å²) in [6.45, 7) is 3.35. The van der Waals surface area contributed by atoms with E-state index in [1.807, 2.05) is 48.5 Å². The highest BCUT2D eigenvalue weighted by molar-refractivity contribution is 6.21. The molecule has 0 spiro atoms. The highest BCUT2D eigenvalue weighted by Gasteiger charge is 2.19. The number of fused-ring (bicyclic) bond motifs is 1. The third-order valence-electron chi connectivity index (χ3n) is 6.30. The Hall–Kier alpha value is -3.57. The van der Waals surface area contributed by atoms with Crippen molar-refractivity contribution in [2.24, 2.45) is 4.99 Å². The first-order valence-corrected chi connectivity index (χ1v) is 11.6. The normalized spacial score (nSPS) is 15.1. The Morgan fingerprint density at radius 1 is 0.970 bits per heavy atom. The van der Waals surface area contributed by atoms with Crippen molar-refractivity contribution in [3.8, 4) is 11.6 Å². The van der Waals surface area contributed by atoms with Crippen LogP contribution in [0.15, 0.2) is 77.8 Å². The van der Waals surface area contributed by atoms with Gasteiger partial charge in [-0.05, 0) is 55.8 Å². The lowest BCUT2D eigenvalue weighted by Crippen LogP contribution is -2.28. The number of nitrogens with zero attached hydrogens (tertiary/aromatic N) is 2. The number of aromatic nitrogens is 1. The number of aliphatic imine (C=N–C) groups is 1. The molecule has 1 aliphatic heterocycles. The molecule has 0 unspecified atom stereocenters. The summed E-state index contributed by atoms with van der Waals surface area (Å²) < 4.78 is 5.34. The van der Waals surface area contributed by atoms with E-state index >= 15 is 0 Å². The van der Waals surface area contributed by atoms with Gasteiger partial charge in [0.15, 0.2) is 5.88 Å². The van der Waals surface area contributed by atoms with Crippen LogP contribution in [-0.4, -0.2) is 40.9 Å². The van der Waals surface area contributed by atoms with Gasteiger partial charge in [0.25, 0.3) is 0 Å². The zero-order valence-corrected chi connectivity index (χ0v) is 18.9. The maximum atomic E-state index is 10.9. The van der Waals surface area contributed by atoms with E-state index in [4.69, 9.17) is 9.73 Å². The molecule has 2 heterocycles. The van der Waals surface area contributed by atoms with Gasteiger partial charge in [0.2, 0.25) is 0 Å². The third kappa shape index (κ3) is 4.64. The van der Waals surface area contributed by atoms with E-state index in [9.17, 15) is 5.11 Å². The van der Waals surface area contributed by atoms with Gasteiger partial charge in [-0.1, -0.05) is 48.9 Å². The number of piperidine rings is 1. The molecular weight excluding hydrogens is 410 g/mol. The van der Waals surface area contributed by atoms with E-state index in [0.717, 1.165) is 40.2 Å². The van der Waals surface area contributed by atoms with Gasteiger partial charge in [0, 0.05) is 23.6 Å². The van der Waals surface area contributed by atoms with Crippen LogP contribution in [0.25, 0.3) is 10.9 Å². The van der Waals surface area contributed by atoms with Gasteiger partial charge in [-0.15, -0.1) is 0 Å². The summed E-state index contributed by atoms with van der Waals surface area (Å²) in [5.74, 6) is 0.834. The number of hydrogen-bond acceptors (Lipinski definition) is 4. The summed E-state index contributed by atoms with van der Waals surface area (Å²) >= 11 is 0. The fourth-order valence-corrected chi connectivity index (χ4v) is 4.57. The second-order valence-corrected chi connectivity index (χ2v) is 8.59. The number of H-pyrrole nitrogens is 1.